The molecule has 2 rings (SSSR count). The first-order chi connectivity index (χ1) is 8.89. The Balaban J connectivity index is 2.19. The van der Waals surface area contributed by atoms with Crippen LogP contribution in [0, 0.1) is 0 Å². The van der Waals surface area contributed by atoms with Crippen molar-refractivity contribution < 1.29 is 9.53 Å². The minimum absolute atomic E-state index is 0.492. The number of ether oxygens (including phenoxy) is 1. The minimum atomic E-state index is -0.516. The van der Waals surface area contributed by atoms with Gasteiger partial charge in [0.05, 0.1) is 5.52 Å². The standard InChI is InChI=1S/C14H19N3O2/c1-5-17-7-6-10-9-15-12(8-11(10)17)16-13(18)19-14(2,3)4/h6-9H,5H2,1-4H3,(H,15,16,18). The smallest absolute Gasteiger partial charge is 0.413 e. The first-order valence-corrected chi connectivity index (χ1v) is 6.34. The third kappa shape index (κ3) is 3.24. The molecule has 1 amide bonds. The number of pyridine rings is 1. The largest absolute Gasteiger partial charge is 0.444 e. The fourth-order valence-corrected chi connectivity index (χ4v) is 1.84. The van der Waals surface area contributed by atoms with Crippen LogP contribution in [0.25, 0.3) is 10.9 Å². The molecular weight excluding hydrogens is 242 g/mol. The maximum absolute atomic E-state index is 11.7. The first-order valence-electron chi connectivity index (χ1n) is 6.34. The van der Waals surface area contributed by atoms with Gasteiger partial charge in [-0.25, -0.2) is 9.78 Å². The van der Waals surface area contributed by atoms with E-state index in [0.717, 1.165) is 17.4 Å². The summed E-state index contributed by atoms with van der Waals surface area (Å²) in [5, 5.41) is 3.70. The lowest BCUT2D eigenvalue weighted by Crippen LogP contribution is -2.27. The molecule has 0 atom stereocenters. The van der Waals surface area contributed by atoms with Crippen LogP contribution >= 0.6 is 0 Å². The lowest BCUT2D eigenvalue weighted by molar-refractivity contribution is 0.0635. The van der Waals surface area contributed by atoms with Crippen LogP contribution in [0.1, 0.15) is 27.7 Å². The predicted octanol–water partition coefficient (Wildman–Crippen LogP) is 3.40. The van der Waals surface area contributed by atoms with E-state index in [2.05, 4.69) is 21.8 Å². The van der Waals surface area contributed by atoms with E-state index in [1.165, 1.54) is 0 Å². The molecule has 102 valence electrons. The maximum Gasteiger partial charge on any atom is 0.413 e. The van der Waals surface area contributed by atoms with Gasteiger partial charge in [0.1, 0.15) is 11.4 Å². The van der Waals surface area contributed by atoms with Gasteiger partial charge in [-0.05, 0) is 33.8 Å². The Morgan fingerprint density at radius 3 is 2.84 bits per heavy atom. The zero-order valence-electron chi connectivity index (χ0n) is 11.7. The van der Waals surface area contributed by atoms with Crippen molar-refractivity contribution in [3.63, 3.8) is 0 Å². The summed E-state index contributed by atoms with van der Waals surface area (Å²) in [5.74, 6) is 0.496. The molecule has 2 aromatic rings. The van der Waals surface area contributed by atoms with E-state index >= 15 is 0 Å². The van der Waals surface area contributed by atoms with Crippen molar-refractivity contribution in [2.75, 3.05) is 5.32 Å². The van der Waals surface area contributed by atoms with Crippen LogP contribution in [0.15, 0.2) is 24.5 Å². The van der Waals surface area contributed by atoms with Gasteiger partial charge in [0, 0.05) is 30.4 Å². The summed E-state index contributed by atoms with van der Waals surface area (Å²) in [6, 6.07) is 3.85. The van der Waals surface area contributed by atoms with Crippen molar-refractivity contribution in [1.29, 1.82) is 0 Å². The lowest BCUT2D eigenvalue weighted by atomic mass is 10.2. The molecular formula is C14H19N3O2. The second-order valence-electron chi connectivity index (χ2n) is 5.36. The van der Waals surface area contributed by atoms with Gasteiger partial charge < -0.3 is 9.30 Å². The van der Waals surface area contributed by atoms with Crippen molar-refractivity contribution in [2.45, 2.75) is 39.8 Å². The Hall–Kier alpha value is -2.04. The highest BCUT2D eigenvalue weighted by molar-refractivity contribution is 5.88. The SMILES string of the molecule is CCn1ccc2cnc(NC(=O)OC(C)(C)C)cc21. The maximum atomic E-state index is 11.7. The Morgan fingerprint density at radius 1 is 1.47 bits per heavy atom. The minimum Gasteiger partial charge on any atom is -0.444 e. The van der Waals surface area contributed by atoms with Crippen molar-refractivity contribution in [3.05, 3.63) is 24.5 Å². The number of nitrogens with one attached hydrogen (secondary N) is 1. The molecule has 0 fully saturated rings. The number of aryl methyl sites for hydroxylation is 1. The molecule has 0 aliphatic rings. The third-order valence-electron chi connectivity index (χ3n) is 2.63. The van der Waals surface area contributed by atoms with Gasteiger partial charge in [0.15, 0.2) is 0 Å². The Morgan fingerprint density at radius 2 is 2.21 bits per heavy atom. The summed E-state index contributed by atoms with van der Waals surface area (Å²) < 4.78 is 7.29. The van der Waals surface area contributed by atoms with E-state index in [0.29, 0.717) is 5.82 Å². The highest BCUT2D eigenvalue weighted by Gasteiger charge is 2.16. The molecule has 0 bridgehead atoms. The number of hydrogen-bond acceptors (Lipinski definition) is 3. The normalized spacial score (nSPS) is 11.6. The molecule has 0 spiro atoms. The predicted molar refractivity (Wildman–Crippen MR) is 75.3 cm³/mol. The average molecular weight is 261 g/mol. The van der Waals surface area contributed by atoms with Crippen LogP contribution in [0.3, 0.4) is 0 Å². The van der Waals surface area contributed by atoms with Gasteiger partial charge in [-0.3, -0.25) is 5.32 Å². The van der Waals surface area contributed by atoms with Crippen molar-refractivity contribution >= 4 is 22.8 Å². The van der Waals surface area contributed by atoms with E-state index in [9.17, 15) is 4.79 Å². The number of hydrogen-bond donors (Lipinski definition) is 1. The summed E-state index contributed by atoms with van der Waals surface area (Å²) in [6.07, 6.45) is 3.26. The van der Waals surface area contributed by atoms with Gasteiger partial charge in [-0.15, -0.1) is 0 Å². The molecule has 0 saturated carbocycles. The Bertz CT molecular complexity index is 596. The van der Waals surface area contributed by atoms with Gasteiger partial charge in [-0.1, -0.05) is 0 Å². The molecule has 0 saturated heterocycles. The van der Waals surface area contributed by atoms with Crippen LogP contribution in [-0.4, -0.2) is 21.2 Å². The number of aromatic nitrogens is 2. The molecule has 1 N–H and O–H groups in total. The summed E-state index contributed by atoms with van der Waals surface area (Å²) in [5.41, 5.74) is 0.529. The van der Waals surface area contributed by atoms with Gasteiger partial charge in [0.2, 0.25) is 0 Å². The number of anilines is 1. The van der Waals surface area contributed by atoms with Crippen molar-refractivity contribution in [3.8, 4) is 0 Å². The van der Waals surface area contributed by atoms with E-state index in [1.54, 1.807) is 6.20 Å². The molecule has 2 heterocycles. The van der Waals surface area contributed by atoms with Crippen LogP contribution in [0.5, 0.6) is 0 Å². The highest BCUT2D eigenvalue weighted by atomic mass is 16.6. The number of carbonyl (C=O) groups is 1. The molecule has 0 aliphatic heterocycles. The molecule has 5 heteroatoms. The number of rotatable bonds is 2. The summed E-state index contributed by atoms with van der Waals surface area (Å²) in [6.45, 7) is 8.42. The molecule has 0 aromatic carbocycles. The van der Waals surface area contributed by atoms with E-state index in [-0.39, 0.29) is 0 Å². The fourth-order valence-electron chi connectivity index (χ4n) is 1.84. The molecule has 19 heavy (non-hydrogen) atoms. The molecule has 0 radical (unpaired) electrons. The Kier molecular flexibility index (Phi) is 3.46. The van der Waals surface area contributed by atoms with E-state index in [4.69, 9.17) is 4.74 Å². The van der Waals surface area contributed by atoms with E-state index in [1.807, 2.05) is 39.1 Å². The van der Waals surface area contributed by atoms with Crippen LogP contribution in [0.2, 0.25) is 0 Å². The number of fused-ring (bicyclic) bond motifs is 1. The Labute approximate surface area is 112 Å². The van der Waals surface area contributed by atoms with Crippen molar-refractivity contribution in [1.82, 2.24) is 9.55 Å². The third-order valence-corrected chi connectivity index (χ3v) is 2.63. The van der Waals surface area contributed by atoms with Crippen LogP contribution in [-0.2, 0) is 11.3 Å². The second kappa shape index (κ2) is 4.91. The van der Waals surface area contributed by atoms with Gasteiger partial charge in [0.25, 0.3) is 0 Å². The summed E-state index contributed by atoms with van der Waals surface area (Å²) in [7, 11) is 0. The van der Waals surface area contributed by atoms with Gasteiger partial charge in [-0.2, -0.15) is 0 Å². The highest BCUT2D eigenvalue weighted by Crippen LogP contribution is 2.18. The average Bonchev–Trinajstić information content (AvgIpc) is 2.68. The zero-order valence-corrected chi connectivity index (χ0v) is 11.7. The summed E-state index contributed by atoms with van der Waals surface area (Å²) >= 11 is 0. The van der Waals surface area contributed by atoms with Crippen LogP contribution in [0.4, 0.5) is 10.6 Å². The monoisotopic (exact) mass is 261 g/mol. The van der Waals surface area contributed by atoms with Crippen molar-refractivity contribution in [2.24, 2.45) is 0 Å². The summed E-state index contributed by atoms with van der Waals surface area (Å²) in [4.78, 5) is 15.9. The number of amides is 1. The lowest BCUT2D eigenvalue weighted by Gasteiger charge is -2.19. The second-order valence-corrected chi connectivity index (χ2v) is 5.36. The molecule has 0 unspecified atom stereocenters. The molecule has 5 nitrogen and oxygen atoms in total. The quantitative estimate of drug-likeness (QED) is 0.901. The van der Waals surface area contributed by atoms with Gasteiger partial charge >= 0.3 is 6.09 Å². The zero-order chi connectivity index (χ0) is 14.0. The molecule has 0 aliphatic carbocycles. The number of carbonyl (C=O) groups excluding carboxylic acids is 1. The molecule has 2 aromatic heterocycles. The number of nitrogens with zero attached hydrogens (tertiary/aromatic N) is 2. The van der Waals surface area contributed by atoms with E-state index < -0.39 is 11.7 Å². The first kappa shape index (κ1) is 13.4. The topological polar surface area (TPSA) is 56.2 Å². The fraction of sp³-hybridized carbons (Fsp3) is 0.429. The van der Waals surface area contributed by atoms with Crippen LogP contribution < -0.4 is 5.32 Å².